The third-order valence-electron chi connectivity index (χ3n) is 2.63. The normalized spacial score (nSPS) is 13.7. The number of carbonyl (C=O) groups excluding carboxylic acids is 1. The maximum atomic E-state index is 11.8. The lowest BCUT2D eigenvalue weighted by Gasteiger charge is -2.35. The topological polar surface area (TPSA) is 94.1 Å². The minimum atomic E-state index is -1.94. The predicted octanol–water partition coefficient (Wildman–Crippen LogP) is 1.75. The lowest BCUT2D eigenvalue weighted by molar-refractivity contribution is -0.236. The van der Waals surface area contributed by atoms with Crippen molar-refractivity contribution in [2.24, 2.45) is 0 Å². The zero-order chi connectivity index (χ0) is 16.0. The number of hydrogen-bond donors (Lipinski definition) is 2. The average molecular weight is 291 g/mol. The Kier molecular flexibility index (Phi) is 6.95. The van der Waals surface area contributed by atoms with Crippen LogP contribution in [0.2, 0.25) is 0 Å². The Bertz CT molecular complexity index is 332. The average Bonchev–Trinajstić information content (AvgIpc) is 2.28. The Morgan fingerprint density at radius 2 is 1.70 bits per heavy atom. The van der Waals surface area contributed by atoms with Gasteiger partial charge in [-0.25, -0.2) is 9.59 Å². The first-order chi connectivity index (χ1) is 9.12. The van der Waals surface area contributed by atoms with Crippen LogP contribution in [0.3, 0.4) is 0 Å². The summed E-state index contributed by atoms with van der Waals surface area (Å²) in [5.74, 6) is -3.25. The third-order valence-corrected chi connectivity index (χ3v) is 2.63. The van der Waals surface area contributed by atoms with E-state index < -0.39 is 29.5 Å². The summed E-state index contributed by atoms with van der Waals surface area (Å²) in [6.45, 7) is 7.02. The fourth-order valence-corrected chi connectivity index (χ4v) is 1.79. The van der Waals surface area contributed by atoms with Crippen molar-refractivity contribution in [1.29, 1.82) is 0 Å². The minimum absolute atomic E-state index is 0.368. The molecule has 0 heterocycles. The number of rotatable bonds is 7. The molecule has 0 saturated heterocycles. The van der Waals surface area contributed by atoms with Gasteiger partial charge in [0.05, 0.1) is 6.04 Å². The van der Waals surface area contributed by atoms with Crippen molar-refractivity contribution in [3.63, 3.8) is 0 Å². The Morgan fingerprint density at radius 3 is 2.00 bits per heavy atom. The number of ether oxygens (including phenoxy) is 3. The van der Waals surface area contributed by atoms with Gasteiger partial charge in [0, 0.05) is 14.2 Å². The van der Waals surface area contributed by atoms with Gasteiger partial charge in [-0.05, 0) is 27.2 Å². The van der Waals surface area contributed by atoms with Gasteiger partial charge in [0.1, 0.15) is 5.60 Å². The number of carboxylic acid groups (broad SMARTS) is 1. The Balaban J connectivity index is 5.12. The number of amides is 1. The molecule has 0 radical (unpaired) electrons. The number of carboxylic acids is 1. The van der Waals surface area contributed by atoms with Crippen LogP contribution in [0.15, 0.2) is 0 Å². The summed E-state index contributed by atoms with van der Waals surface area (Å²) in [6, 6.07) is -0.866. The van der Waals surface area contributed by atoms with E-state index in [2.05, 4.69) is 5.32 Å². The lowest BCUT2D eigenvalue weighted by atomic mass is 10.0. The minimum Gasteiger partial charge on any atom is -0.477 e. The van der Waals surface area contributed by atoms with Crippen molar-refractivity contribution in [2.45, 2.75) is 58.0 Å². The maximum Gasteiger partial charge on any atom is 0.408 e. The molecular formula is C13H25NO6. The highest BCUT2D eigenvalue weighted by Crippen LogP contribution is 2.22. The van der Waals surface area contributed by atoms with Crippen molar-refractivity contribution in [3.8, 4) is 0 Å². The molecule has 0 unspecified atom stereocenters. The van der Waals surface area contributed by atoms with E-state index in [4.69, 9.17) is 14.2 Å². The third kappa shape index (κ3) is 4.97. The van der Waals surface area contributed by atoms with Gasteiger partial charge < -0.3 is 24.6 Å². The lowest BCUT2D eigenvalue weighted by Crippen LogP contribution is -2.60. The summed E-state index contributed by atoms with van der Waals surface area (Å²) in [5.41, 5.74) is -0.674. The predicted molar refractivity (Wildman–Crippen MR) is 72.5 cm³/mol. The van der Waals surface area contributed by atoms with Crippen molar-refractivity contribution >= 4 is 12.1 Å². The smallest absolute Gasteiger partial charge is 0.408 e. The van der Waals surface area contributed by atoms with Crippen LogP contribution in [0.25, 0.3) is 0 Å². The Labute approximate surface area is 119 Å². The summed E-state index contributed by atoms with van der Waals surface area (Å²) in [6.07, 6.45) is 0.297. The van der Waals surface area contributed by atoms with Crippen molar-refractivity contribution in [2.75, 3.05) is 14.2 Å². The summed E-state index contributed by atoms with van der Waals surface area (Å²) in [7, 11) is 2.44. The molecule has 1 atom stereocenters. The summed E-state index contributed by atoms with van der Waals surface area (Å²) in [5, 5.41) is 11.8. The fourth-order valence-electron chi connectivity index (χ4n) is 1.79. The van der Waals surface area contributed by atoms with Crippen LogP contribution in [0.5, 0.6) is 0 Å². The molecule has 0 saturated carbocycles. The molecule has 1 amide bonds. The van der Waals surface area contributed by atoms with Gasteiger partial charge in [0.15, 0.2) is 0 Å². The van der Waals surface area contributed by atoms with Gasteiger partial charge in [0.2, 0.25) is 0 Å². The molecule has 20 heavy (non-hydrogen) atoms. The molecule has 0 fully saturated rings. The molecule has 0 aromatic heterocycles. The number of nitrogens with one attached hydrogen (secondary N) is 1. The van der Waals surface area contributed by atoms with E-state index in [9.17, 15) is 14.7 Å². The Hall–Kier alpha value is -1.34. The van der Waals surface area contributed by atoms with E-state index in [0.29, 0.717) is 12.8 Å². The summed E-state index contributed by atoms with van der Waals surface area (Å²) in [4.78, 5) is 23.2. The van der Waals surface area contributed by atoms with Gasteiger partial charge in [-0.15, -0.1) is 0 Å². The largest absolute Gasteiger partial charge is 0.477 e. The highest BCUT2D eigenvalue weighted by molar-refractivity contribution is 5.78. The molecule has 0 aliphatic carbocycles. The highest BCUT2D eigenvalue weighted by atomic mass is 16.7. The molecule has 118 valence electrons. The molecule has 7 heteroatoms. The molecule has 0 aliphatic rings. The van der Waals surface area contributed by atoms with Crippen LogP contribution in [0.1, 0.15) is 40.5 Å². The van der Waals surface area contributed by atoms with Crippen LogP contribution in [0, 0.1) is 0 Å². The molecule has 0 bridgehead atoms. The van der Waals surface area contributed by atoms with E-state index in [1.165, 1.54) is 14.2 Å². The number of hydrogen-bond acceptors (Lipinski definition) is 5. The first-order valence-electron chi connectivity index (χ1n) is 6.46. The SMILES string of the molecule is CCC[C@H](NC(=O)OC(C)(C)C)C(OC)(OC)C(=O)O. The zero-order valence-electron chi connectivity index (χ0n) is 13.0. The van der Waals surface area contributed by atoms with Crippen molar-refractivity contribution < 1.29 is 28.9 Å². The van der Waals surface area contributed by atoms with Gasteiger partial charge in [-0.3, -0.25) is 0 Å². The maximum absolute atomic E-state index is 11.8. The second kappa shape index (κ2) is 7.44. The second-order valence-electron chi connectivity index (χ2n) is 5.37. The van der Waals surface area contributed by atoms with Crippen LogP contribution < -0.4 is 5.32 Å². The second-order valence-corrected chi connectivity index (χ2v) is 5.37. The first-order valence-corrected chi connectivity index (χ1v) is 6.46. The van der Waals surface area contributed by atoms with E-state index in [1.807, 2.05) is 6.92 Å². The van der Waals surface area contributed by atoms with Gasteiger partial charge in [0.25, 0.3) is 5.79 Å². The van der Waals surface area contributed by atoms with Crippen molar-refractivity contribution in [3.05, 3.63) is 0 Å². The quantitative estimate of drug-likeness (QED) is 0.694. The molecule has 2 N–H and O–H groups in total. The number of carbonyl (C=O) groups is 2. The number of methoxy groups -OCH3 is 2. The zero-order valence-corrected chi connectivity index (χ0v) is 13.0. The van der Waals surface area contributed by atoms with E-state index in [0.717, 1.165) is 0 Å². The monoisotopic (exact) mass is 291 g/mol. The molecular weight excluding hydrogens is 266 g/mol. The summed E-state index contributed by atoms with van der Waals surface area (Å²) < 4.78 is 15.1. The molecule has 0 aromatic rings. The number of aliphatic carboxylic acids is 1. The Morgan fingerprint density at radius 1 is 1.20 bits per heavy atom. The summed E-state index contributed by atoms with van der Waals surface area (Å²) >= 11 is 0. The van der Waals surface area contributed by atoms with Crippen molar-refractivity contribution in [1.82, 2.24) is 5.32 Å². The number of alkyl carbamates (subject to hydrolysis) is 1. The van der Waals surface area contributed by atoms with Crippen LogP contribution in [-0.2, 0) is 19.0 Å². The van der Waals surface area contributed by atoms with Crippen LogP contribution in [0.4, 0.5) is 4.79 Å². The van der Waals surface area contributed by atoms with Crippen LogP contribution in [-0.4, -0.2) is 48.8 Å². The molecule has 7 nitrogen and oxygen atoms in total. The molecule has 0 aromatic carbocycles. The standard InChI is InChI=1S/C13H25NO6/c1-7-8-9(13(18-5,19-6)10(15)16)14-11(17)20-12(2,3)4/h9H,7-8H2,1-6H3,(H,14,17)(H,15,16)/t9-/m0/s1. The fraction of sp³-hybridized carbons (Fsp3) is 0.846. The van der Waals surface area contributed by atoms with E-state index in [-0.39, 0.29) is 0 Å². The van der Waals surface area contributed by atoms with Gasteiger partial charge in [-0.2, -0.15) is 0 Å². The van der Waals surface area contributed by atoms with Crippen LogP contribution >= 0.6 is 0 Å². The molecule has 0 spiro atoms. The van der Waals surface area contributed by atoms with Gasteiger partial charge >= 0.3 is 12.1 Å². The highest BCUT2D eigenvalue weighted by Gasteiger charge is 2.48. The molecule has 0 aliphatic heterocycles. The van der Waals surface area contributed by atoms with E-state index in [1.54, 1.807) is 20.8 Å². The van der Waals surface area contributed by atoms with E-state index >= 15 is 0 Å². The molecule has 0 rings (SSSR count). The first kappa shape index (κ1) is 18.7. The van der Waals surface area contributed by atoms with Gasteiger partial charge in [-0.1, -0.05) is 13.3 Å².